The predicted molar refractivity (Wildman–Crippen MR) is 94.2 cm³/mol. The quantitative estimate of drug-likeness (QED) is 0.610. The average Bonchev–Trinajstić information content (AvgIpc) is 3.08. The van der Waals surface area contributed by atoms with Gasteiger partial charge in [-0.05, 0) is 39.8 Å². The molecule has 28 heavy (non-hydrogen) atoms. The molecule has 10 nitrogen and oxygen atoms in total. The van der Waals surface area contributed by atoms with Gasteiger partial charge in [-0.1, -0.05) is 0 Å². The highest BCUT2D eigenvalue weighted by molar-refractivity contribution is 5.95. The lowest BCUT2D eigenvalue weighted by molar-refractivity contribution is -0.384. The Morgan fingerprint density at radius 3 is 2.18 bits per heavy atom. The molecule has 3 aliphatic rings. The number of hydrogen-bond acceptors (Lipinski definition) is 8. The van der Waals surface area contributed by atoms with E-state index in [-0.39, 0.29) is 5.69 Å². The Morgan fingerprint density at radius 2 is 1.54 bits per heavy atom. The molecular weight excluding hydrogens is 372 g/mol. The first-order valence-corrected chi connectivity index (χ1v) is 8.97. The fourth-order valence-electron chi connectivity index (χ4n) is 3.70. The van der Waals surface area contributed by atoms with Crippen molar-refractivity contribution in [1.82, 2.24) is 0 Å². The number of carbonyl (C=O) groups is 1. The first-order chi connectivity index (χ1) is 13.0. The molecular formula is C18H22N2O8. The van der Waals surface area contributed by atoms with E-state index in [2.05, 4.69) is 5.32 Å². The van der Waals surface area contributed by atoms with Crippen molar-refractivity contribution in [3.63, 3.8) is 0 Å². The van der Waals surface area contributed by atoms with Gasteiger partial charge in [-0.25, -0.2) is 0 Å². The summed E-state index contributed by atoms with van der Waals surface area (Å²) in [6.07, 6.45) is -3.53. The van der Waals surface area contributed by atoms with E-state index in [1.165, 1.54) is 24.3 Å². The molecule has 3 fully saturated rings. The molecule has 3 aliphatic heterocycles. The van der Waals surface area contributed by atoms with E-state index in [4.69, 9.17) is 23.7 Å². The normalized spacial score (nSPS) is 35.1. The monoisotopic (exact) mass is 394 g/mol. The molecule has 1 N–H and O–H groups in total. The van der Waals surface area contributed by atoms with Gasteiger partial charge in [0.15, 0.2) is 24.0 Å². The molecule has 1 aromatic rings. The van der Waals surface area contributed by atoms with Crippen molar-refractivity contribution in [3.05, 3.63) is 34.4 Å². The fraction of sp³-hybridized carbons (Fsp3) is 0.611. The third-order valence-corrected chi connectivity index (χ3v) is 4.76. The minimum atomic E-state index is -0.999. The Hall–Kier alpha value is -2.11. The van der Waals surface area contributed by atoms with Crippen molar-refractivity contribution in [3.8, 4) is 0 Å². The average molecular weight is 394 g/mol. The maximum absolute atomic E-state index is 12.9. The van der Waals surface area contributed by atoms with Crippen molar-refractivity contribution in [1.29, 1.82) is 0 Å². The van der Waals surface area contributed by atoms with Crippen LogP contribution in [-0.2, 0) is 28.5 Å². The second kappa shape index (κ2) is 6.46. The van der Waals surface area contributed by atoms with Crippen molar-refractivity contribution >= 4 is 17.3 Å². The van der Waals surface area contributed by atoms with E-state index in [0.717, 1.165) is 0 Å². The van der Waals surface area contributed by atoms with Gasteiger partial charge in [0, 0.05) is 17.8 Å². The number of nitro groups is 1. The van der Waals surface area contributed by atoms with Crippen LogP contribution in [-0.4, -0.2) is 53.1 Å². The van der Waals surface area contributed by atoms with Gasteiger partial charge in [-0.2, -0.15) is 0 Å². The van der Waals surface area contributed by atoms with Crippen LogP contribution < -0.4 is 5.32 Å². The number of nitrogens with zero attached hydrogens (tertiary/aromatic N) is 1. The van der Waals surface area contributed by atoms with Crippen molar-refractivity contribution < 1.29 is 33.4 Å². The van der Waals surface area contributed by atoms with Crippen LogP contribution in [0, 0.1) is 10.1 Å². The smallest absolute Gasteiger partial charge is 0.269 e. The third kappa shape index (κ3) is 3.49. The number of nitrogens with one attached hydrogen (secondary N) is 1. The molecule has 152 valence electrons. The highest BCUT2D eigenvalue weighted by atomic mass is 16.9. The molecule has 10 heteroatoms. The Morgan fingerprint density at radius 1 is 0.964 bits per heavy atom. The van der Waals surface area contributed by atoms with Gasteiger partial charge in [0.25, 0.3) is 11.6 Å². The molecule has 1 aromatic carbocycles. The molecule has 0 aliphatic carbocycles. The second-order valence-electron chi connectivity index (χ2n) is 7.88. The number of rotatable bonds is 3. The standard InChI is InChI=1S/C18H22N2O8/c1-17(2)25-11-12(26-17)14-16(28-18(3,4)27-14)24-13(11)15(21)19-9-5-7-10(8-6-9)20(22)23/h5-8,11-14,16H,1-4H3,(H,19,21)/t11-,12+,13+,14-,16-/m1/s1. The van der Waals surface area contributed by atoms with E-state index in [0.29, 0.717) is 5.69 Å². The number of benzene rings is 1. The molecule has 0 unspecified atom stereocenters. The number of hydrogen-bond donors (Lipinski definition) is 1. The minimum Gasteiger partial charge on any atom is -0.342 e. The Bertz CT molecular complexity index is 793. The van der Waals surface area contributed by atoms with Gasteiger partial charge in [0.1, 0.15) is 18.3 Å². The van der Waals surface area contributed by atoms with Gasteiger partial charge < -0.3 is 29.0 Å². The maximum Gasteiger partial charge on any atom is 0.269 e. The predicted octanol–water partition coefficient (Wildman–Crippen LogP) is 1.93. The molecule has 1 amide bonds. The van der Waals surface area contributed by atoms with E-state index in [1.54, 1.807) is 27.7 Å². The van der Waals surface area contributed by atoms with Crippen LogP contribution in [0.4, 0.5) is 11.4 Å². The molecule has 4 rings (SSSR count). The molecule has 0 saturated carbocycles. The number of carbonyl (C=O) groups excluding carboxylic acids is 1. The van der Waals surface area contributed by atoms with Gasteiger partial charge >= 0.3 is 0 Å². The number of nitro benzene ring substituents is 1. The summed E-state index contributed by atoms with van der Waals surface area (Å²) in [4.78, 5) is 23.1. The Labute approximate surface area is 161 Å². The SMILES string of the molecule is CC1(C)O[C@H]2[C@@H](O1)[C@@H](C(=O)Nc1ccc([N+](=O)[O-])cc1)O[C@@H]1OC(C)(C)O[C@@H]12. The van der Waals surface area contributed by atoms with Crippen molar-refractivity contribution in [2.45, 2.75) is 70.0 Å². The first-order valence-electron chi connectivity index (χ1n) is 8.97. The van der Waals surface area contributed by atoms with Gasteiger partial charge in [0.05, 0.1) is 4.92 Å². The molecule has 3 saturated heterocycles. The van der Waals surface area contributed by atoms with Crippen molar-refractivity contribution in [2.75, 3.05) is 5.32 Å². The second-order valence-corrected chi connectivity index (χ2v) is 7.88. The molecule has 3 heterocycles. The molecule has 0 aromatic heterocycles. The molecule has 0 radical (unpaired) electrons. The van der Waals surface area contributed by atoms with Crippen LogP contribution >= 0.6 is 0 Å². The highest BCUT2D eigenvalue weighted by Gasteiger charge is 2.62. The Balaban J connectivity index is 1.54. The van der Waals surface area contributed by atoms with Crippen LogP contribution in [0.25, 0.3) is 0 Å². The lowest BCUT2D eigenvalue weighted by atomic mass is 9.98. The number of ether oxygens (including phenoxy) is 5. The number of non-ortho nitro benzene ring substituents is 1. The highest BCUT2D eigenvalue weighted by Crippen LogP contribution is 2.44. The van der Waals surface area contributed by atoms with E-state index in [9.17, 15) is 14.9 Å². The number of fused-ring (bicyclic) bond motifs is 3. The molecule has 5 atom stereocenters. The number of amides is 1. The third-order valence-electron chi connectivity index (χ3n) is 4.76. The zero-order valence-electron chi connectivity index (χ0n) is 15.9. The summed E-state index contributed by atoms with van der Waals surface area (Å²) in [6.45, 7) is 7.03. The van der Waals surface area contributed by atoms with E-state index in [1.807, 2.05) is 0 Å². The Kier molecular flexibility index (Phi) is 4.43. The lowest BCUT2D eigenvalue weighted by Crippen LogP contribution is -2.58. The summed E-state index contributed by atoms with van der Waals surface area (Å²) >= 11 is 0. The van der Waals surface area contributed by atoms with E-state index >= 15 is 0 Å². The molecule has 0 spiro atoms. The van der Waals surface area contributed by atoms with Crippen LogP contribution in [0.3, 0.4) is 0 Å². The fourth-order valence-corrected chi connectivity index (χ4v) is 3.70. The minimum absolute atomic E-state index is 0.0668. The zero-order valence-corrected chi connectivity index (χ0v) is 15.9. The van der Waals surface area contributed by atoms with E-state index < -0.39 is 53.1 Å². The largest absolute Gasteiger partial charge is 0.342 e. The summed E-state index contributed by atoms with van der Waals surface area (Å²) in [6, 6.07) is 5.52. The van der Waals surface area contributed by atoms with Crippen LogP contribution in [0.5, 0.6) is 0 Å². The topological polar surface area (TPSA) is 118 Å². The van der Waals surface area contributed by atoms with Crippen LogP contribution in [0.1, 0.15) is 27.7 Å². The summed E-state index contributed by atoms with van der Waals surface area (Å²) < 4.78 is 29.4. The lowest BCUT2D eigenvalue weighted by Gasteiger charge is -2.36. The van der Waals surface area contributed by atoms with Crippen LogP contribution in [0.15, 0.2) is 24.3 Å². The maximum atomic E-state index is 12.9. The summed E-state index contributed by atoms with van der Waals surface area (Å²) in [5.41, 5.74) is 0.336. The molecule has 0 bridgehead atoms. The first kappa shape index (κ1) is 19.2. The summed E-state index contributed by atoms with van der Waals surface area (Å²) in [5.74, 6) is -2.24. The van der Waals surface area contributed by atoms with Crippen LogP contribution in [0.2, 0.25) is 0 Å². The zero-order chi connectivity index (χ0) is 20.3. The van der Waals surface area contributed by atoms with Gasteiger partial charge in [-0.15, -0.1) is 0 Å². The summed E-state index contributed by atoms with van der Waals surface area (Å²) in [5, 5.41) is 13.5. The number of anilines is 1. The summed E-state index contributed by atoms with van der Waals surface area (Å²) in [7, 11) is 0. The van der Waals surface area contributed by atoms with Gasteiger partial charge in [-0.3, -0.25) is 14.9 Å². The van der Waals surface area contributed by atoms with Gasteiger partial charge in [0.2, 0.25) is 0 Å². The van der Waals surface area contributed by atoms with Crippen molar-refractivity contribution in [2.24, 2.45) is 0 Å².